The van der Waals surface area contributed by atoms with Gasteiger partial charge in [-0.25, -0.2) is 9.67 Å². The second-order valence-corrected chi connectivity index (χ2v) is 4.37. The van der Waals surface area contributed by atoms with Crippen molar-refractivity contribution in [2.45, 2.75) is 31.7 Å². The third-order valence-corrected chi connectivity index (χ3v) is 3.15. The van der Waals surface area contributed by atoms with Crippen molar-refractivity contribution in [3.63, 3.8) is 0 Å². The smallest absolute Gasteiger partial charge is 0.158 e. The van der Waals surface area contributed by atoms with Crippen molar-refractivity contribution in [1.29, 1.82) is 0 Å². The number of hydrogen-bond acceptors (Lipinski definition) is 4. The maximum Gasteiger partial charge on any atom is 0.158 e. The molecule has 0 aromatic carbocycles. The van der Waals surface area contributed by atoms with Gasteiger partial charge < -0.3 is 9.52 Å². The van der Waals surface area contributed by atoms with Gasteiger partial charge in [-0.05, 0) is 25.0 Å². The van der Waals surface area contributed by atoms with Crippen LogP contribution in [0.25, 0.3) is 0 Å². The molecule has 0 aliphatic carbocycles. The third kappa shape index (κ3) is 1.98. The number of aliphatic hydroxyl groups is 1. The normalized spacial score (nSPS) is 19.2. The molecule has 0 bridgehead atoms. The summed E-state index contributed by atoms with van der Waals surface area (Å²) >= 11 is 0. The van der Waals surface area contributed by atoms with Crippen LogP contribution in [0.5, 0.6) is 0 Å². The number of hydrogen-bond donors (Lipinski definition) is 1. The van der Waals surface area contributed by atoms with E-state index >= 15 is 0 Å². The van der Waals surface area contributed by atoms with E-state index in [1.807, 2.05) is 16.8 Å². The van der Waals surface area contributed by atoms with Gasteiger partial charge in [-0.1, -0.05) is 0 Å². The summed E-state index contributed by atoms with van der Waals surface area (Å²) in [6, 6.07) is 3.88. The summed E-state index contributed by atoms with van der Waals surface area (Å²) in [5.74, 6) is 2.63. The van der Waals surface area contributed by atoms with E-state index in [-0.39, 0.29) is 12.6 Å². The van der Waals surface area contributed by atoms with Gasteiger partial charge in [-0.15, -0.1) is 0 Å². The molecule has 1 unspecified atom stereocenters. The van der Waals surface area contributed by atoms with E-state index < -0.39 is 0 Å². The summed E-state index contributed by atoms with van der Waals surface area (Å²) < 4.78 is 7.16. The molecule has 1 N–H and O–H groups in total. The summed E-state index contributed by atoms with van der Waals surface area (Å²) in [6.07, 6.45) is 5.27. The molecule has 2 aromatic rings. The summed E-state index contributed by atoms with van der Waals surface area (Å²) in [4.78, 5) is 4.50. The van der Waals surface area contributed by atoms with Crippen molar-refractivity contribution >= 4 is 0 Å². The first-order chi connectivity index (χ1) is 8.36. The fraction of sp³-hybridized carbons (Fsp3) is 0.500. The molecule has 1 aliphatic rings. The molecule has 0 radical (unpaired) electrons. The van der Waals surface area contributed by atoms with Crippen molar-refractivity contribution in [3.8, 4) is 0 Å². The Bertz CT molecular complexity index is 490. The molecule has 5 nitrogen and oxygen atoms in total. The summed E-state index contributed by atoms with van der Waals surface area (Å²) in [6.45, 7) is 0.135. The van der Waals surface area contributed by atoms with Crippen LogP contribution < -0.4 is 0 Å². The molecule has 0 saturated carbocycles. The van der Waals surface area contributed by atoms with Gasteiger partial charge in [0.15, 0.2) is 5.82 Å². The number of aliphatic hydroxyl groups excluding tert-OH is 1. The Kier molecular flexibility index (Phi) is 2.68. The molecule has 0 saturated heterocycles. The Morgan fingerprint density at radius 3 is 3.24 bits per heavy atom. The summed E-state index contributed by atoms with van der Waals surface area (Å²) in [5, 5.41) is 13.8. The van der Waals surface area contributed by atoms with E-state index in [1.165, 1.54) is 0 Å². The number of nitrogens with zero attached hydrogens (tertiary/aromatic N) is 3. The van der Waals surface area contributed by atoms with Gasteiger partial charge in [0.2, 0.25) is 0 Å². The van der Waals surface area contributed by atoms with E-state index in [9.17, 15) is 5.11 Å². The van der Waals surface area contributed by atoms with Gasteiger partial charge in [0.05, 0.1) is 25.3 Å². The highest BCUT2D eigenvalue weighted by Crippen LogP contribution is 2.23. The maximum absolute atomic E-state index is 9.30. The van der Waals surface area contributed by atoms with E-state index in [0.717, 1.165) is 36.7 Å². The molecule has 1 atom stereocenters. The highest BCUT2D eigenvalue weighted by molar-refractivity contribution is 5.08. The van der Waals surface area contributed by atoms with Crippen molar-refractivity contribution in [3.05, 3.63) is 35.8 Å². The largest absolute Gasteiger partial charge is 0.469 e. The number of furan rings is 1. The van der Waals surface area contributed by atoms with Crippen LogP contribution in [0, 0.1) is 0 Å². The van der Waals surface area contributed by atoms with Crippen LogP contribution in [0.1, 0.15) is 36.3 Å². The minimum Gasteiger partial charge on any atom is -0.469 e. The van der Waals surface area contributed by atoms with Crippen LogP contribution in [-0.4, -0.2) is 26.5 Å². The van der Waals surface area contributed by atoms with E-state index in [2.05, 4.69) is 10.1 Å². The van der Waals surface area contributed by atoms with E-state index in [0.29, 0.717) is 6.42 Å². The van der Waals surface area contributed by atoms with Crippen LogP contribution in [0.4, 0.5) is 0 Å². The zero-order chi connectivity index (χ0) is 11.7. The molecule has 5 heteroatoms. The second kappa shape index (κ2) is 4.33. The van der Waals surface area contributed by atoms with Gasteiger partial charge in [0.25, 0.3) is 0 Å². The van der Waals surface area contributed by atoms with Crippen molar-refractivity contribution in [2.75, 3.05) is 6.61 Å². The topological polar surface area (TPSA) is 64.1 Å². The van der Waals surface area contributed by atoms with Crippen LogP contribution in [0.3, 0.4) is 0 Å². The lowest BCUT2D eigenvalue weighted by Crippen LogP contribution is -2.22. The van der Waals surface area contributed by atoms with Gasteiger partial charge in [0.1, 0.15) is 11.6 Å². The Morgan fingerprint density at radius 1 is 1.53 bits per heavy atom. The van der Waals surface area contributed by atoms with Crippen LogP contribution >= 0.6 is 0 Å². The third-order valence-electron chi connectivity index (χ3n) is 3.15. The number of aryl methyl sites for hydroxylation is 1. The molecule has 0 spiro atoms. The molecule has 3 rings (SSSR count). The monoisotopic (exact) mass is 233 g/mol. The summed E-state index contributed by atoms with van der Waals surface area (Å²) in [7, 11) is 0. The van der Waals surface area contributed by atoms with E-state index in [4.69, 9.17) is 4.42 Å². The predicted octanol–water partition coefficient (Wildman–Crippen LogP) is 1.33. The highest BCUT2D eigenvalue weighted by Gasteiger charge is 2.22. The van der Waals surface area contributed by atoms with E-state index in [1.54, 1.807) is 6.26 Å². The zero-order valence-corrected chi connectivity index (χ0v) is 9.54. The van der Waals surface area contributed by atoms with Gasteiger partial charge >= 0.3 is 0 Å². The predicted molar refractivity (Wildman–Crippen MR) is 60.6 cm³/mol. The Hall–Kier alpha value is -1.62. The lowest BCUT2D eigenvalue weighted by Gasteiger charge is -2.20. The average molecular weight is 233 g/mol. The molecular formula is C12H15N3O2. The standard InChI is InChI=1S/C12H15N3O2/c16-8-9-3-1-5-12-13-11(14-15(9)12)7-10-4-2-6-17-10/h2,4,6,9,16H,1,3,5,7-8H2. The molecule has 3 heterocycles. The number of rotatable bonds is 3. The highest BCUT2D eigenvalue weighted by atomic mass is 16.3. The molecule has 1 aliphatic heterocycles. The van der Waals surface area contributed by atoms with Gasteiger partial charge in [-0.3, -0.25) is 0 Å². The Labute approximate surface area is 99.1 Å². The quantitative estimate of drug-likeness (QED) is 0.868. The first kappa shape index (κ1) is 10.5. The van der Waals surface area contributed by atoms with Crippen molar-refractivity contribution in [1.82, 2.24) is 14.8 Å². The lowest BCUT2D eigenvalue weighted by molar-refractivity contribution is 0.194. The first-order valence-corrected chi connectivity index (χ1v) is 5.94. The van der Waals surface area contributed by atoms with Crippen LogP contribution in [0.15, 0.2) is 22.8 Å². The van der Waals surface area contributed by atoms with Crippen LogP contribution in [-0.2, 0) is 12.8 Å². The molecule has 0 fully saturated rings. The fourth-order valence-corrected chi connectivity index (χ4v) is 2.30. The zero-order valence-electron chi connectivity index (χ0n) is 9.54. The number of aromatic nitrogens is 3. The maximum atomic E-state index is 9.30. The molecule has 2 aromatic heterocycles. The lowest BCUT2D eigenvalue weighted by atomic mass is 10.1. The minimum atomic E-state index is 0.0941. The average Bonchev–Trinajstić information content (AvgIpc) is 2.97. The van der Waals surface area contributed by atoms with Crippen molar-refractivity contribution < 1.29 is 9.52 Å². The number of fused-ring (bicyclic) bond motifs is 1. The summed E-state index contributed by atoms with van der Waals surface area (Å²) in [5.41, 5.74) is 0. The molecular weight excluding hydrogens is 218 g/mol. The van der Waals surface area contributed by atoms with Crippen molar-refractivity contribution in [2.24, 2.45) is 0 Å². The Morgan fingerprint density at radius 2 is 2.47 bits per heavy atom. The molecule has 0 amide bonds. The SMILES string of the molecule is OCC1CCCc2nc(Cc3ccco3)nn21. The fourth-order valence-electron chi connectivity index (χ4n) is 2.30. The second-order valence-electron chi connectivity index (χ2n) is 4.37. The molecule has 17 heavy (non-hydrogen) atoms. The van der Waals surface area contributed by atoms with Crippen LogP contribution in [0.2, 0.25) is 0 Å². The Balaban J connectivity index is 1.85. The van der Waals surface area contributed by atoms with Gasteiger partial charge in [-0.2, -0.15) is 5.10 Å². The minimum absolute atomic E-state index is 0.0941. The van der Waals surface area contributed by atoms with Gasteiger partial charge in [0, 0.05) is 6.42 Å². The first-order valence-electron chi connectivity index (χ1n) is 5.94. The molecule has 90 valence electrons.